The number of carbonyl (C=O) groups is 2. The van der Waals surface area contributed by atoms with Gasteiger partial charge in [0.25, 0.3) is 0 Å². The molecular formula is C17H22ClN3O2. The maximum absolute atomic E-state index is 12.7. The molecule has 1 atom stereocenters. The van der Waals surface area contributed by atoms with Gasteiger partial charge in [-0.25, -0.2) is 0 Å². The van der Waals surface area contributed by atoms with Crippen molar-refractivity contribution in [2.75, 3.05) is 24.5 Å². The number of nitrogens with one attached hydrogen (secondary N) is 2. The number of hydrogen-bond donors (Lipinski definition) is 2. The van der Waals surface area contributed by atoms with Crippen molar-refractivity contribution < 1.29 is 9.59 Å². The molecule has 0 aromatic heterocycles. The minimum absolute atomic E-state index is 0.00542. The summed E-state index contributed by atoms with van der Waals surface area (Å²) in [6.45, 7) is 2.37. The van der Waals surface area contributed by atoms with Crippen LogP contribution in [-0.2, 0) is 9.59 Å². The maximum Gasteiger partial charge on any atom is 0.249 e. The van der Waals surface area contributed by atoms with Gasteiger partial charge in [-0.15, -0.1) is 0 Å². The molecule has 2 aliphatic rings. The Labute approximate surface area is 141 Å². The highest BCUT2D eigenvalue weighted by atomic mass is 35.5. The average Bonchev–Trinajstić information content (AvgIpc) is 2.58. The lowest BCUT2D eigenvalue weighted by atomic mass is 9.96. The van der Waals surface area contributed by atoms with Crippen LogP contribution in [0, 0.1) is 5.92 Å². The second-order valence-electron chi connectivity index (χ2n) is 6.17. The summed E-state index contributed by atoms with van der Waals surface area (Å²) < 4.78 is 0. The summed E-state index contributed by atoms with van der Waals surface area (Å²) in [6.07, 6.45) is 3.21. The third kappa shape index (κ3) is 3.67. The molecule has 2 fully saturated rings. The molecule has 2 N–H and O–H groups in total. The van der Waals surface area contributed by atoms with Gasteiger partial charge in [0, 0.05) is 12.5 Å². The molecule has 1 aromatic carbocycles. The summed E-state index contributed by atoms with van der Waals surface area (Å²) in [5.41, 5.74) is 0.722. The highest BCUT2D eigenvalue weighted by Gasteiger charge is 2.33. The highest BCUT2D eigenvalue weighted by Crippen LogP contribution is 2.28. The lowest BCUT2D eigenvalue weighted by Crippen LogP contribution is -2.54. The van der Waals surface area contributed by atoms with Gasteiger partial charge >= 0.3 is 0 Å². The van der Waals surface area contributed by atoms with Crippen molar-refractivity contribution >= 4 is 29.1 Å². The zero-order chi connectivity index (χ0) is 16.2. The average molecular weight is 336 g/mol. The van der Waals surface area contributed by atoms with E-state index in [4.69, 9.17) is 11.6 Å². The number of rotatable bonds is 3. The quantitative estimate of drug-likeness (QED) is 0.887. The fourth-order valence-electron chi connectivity index (χ4n) is 3.29. The van der Waals surface area contributed by atoms with Crippen molar-refractivity contribution in [2.24, 2.45) is 5.92 Å². The molecule has 6 heteroatoms. The molecule has 124 valence electrons. The van der Waals surface area contributed by atoms with Crippen LogP contribution in [0.3, 0.4) is 0 Å². The van der Waals surface area contributed by atoms with E-state index < -0.39 is 6.04 Å². The number of carbonyl (C=O) groups excluding carboxylic acids is 2. The lowest BCUT2D eigenvalue weighted by Gasteiger charge is -2.34. The van der Waals surface area contributed by atoms with Crippen molar-refractivity contribution in [3.63, 3.8) is 0 Å². The summed E-state index contributed by atoms with van der Waals surface area (Å²) in [5, 5.41) is 6.76. The topological polar surface area (TPSA) is 61.4 Å². The van der Waals surface area contributed by atoms with E-state index >= 15 is 0 Å². The van der Waals surface area contributed by atoms with Gasteiger partial charge < -0.3 is 15.5 Å². The Morgan fingerprint density at radius 2 is 1.96 bits per heavy atom. The zero-order valence-electron chi connectivity index (χ0n) is 13.1. The third-order valence-electron chi connectivity index (χ3n) is 4.61. The van der Waals surface area contributed by atoms with Crippen LogP contribution in [0.5, 0.6) is 0 Å². The van der Waals surface area contributed by atoms with Crippen LogP contribution in [0.25, 0.3) is 0 Å². The van der Waals surface area contributed by atoms with E-state index in [1.807, 2.05) is 18.2 Å². The molecule has 0 bridgehead atoms. The highest BCUT2D eigenvalue weighted by molar-refractivity contribution is 6.33. The largest absolute Gasteiger partial charge is 0.344 e. The number of hydrogen-bond acceptors (Lipinski definition) is 3. The summed E-state index contributed by atoms with van der Waals surface area (Å²) in [5.74, 6) is -0.0442. The van der Waals surface area contributed by atoms with Gasteiger partial charge in [0.1, 0.15) is 6.04 Å². The minimum atomic E-state index is -0.442. The first-order valence-corrected chi connectivity index (χ1v) is 8.61. The SMILES string of the molecule is O=C(NC1CCCN(c2ccccc2Cl)C1=O)C1CCNCC1. The van der Waals surface area contributed by atoms with Gasteiger partial charge in [-0.05, 0) is 50.9 Å². The van der Waals surface area contributed by atoms with Crippen LogP contribution in [0.4, 0.5) is 5.69 Å². The Morgan fingerprint density at radius 1 is 1.22 bits per heavy atom. The van der Waals surface area contributed by atoms with Gasteiger partial charge in [0.05, 0.1) is 10.7 Å². The van der Waals surface area contributed by atoms with E-state index in [-0.39, 0.29) is 17.7 Å². The smallest absolute Gasteiger partial charge is 0.249 e. The van der Waals surface area contributed by atoms with E-state index in [9.17, 15) is 9.59 Å². The van der Waals surface area contributed by atoms with Crippen LogP contribution >= 0.6 is 11.6 Å². The van der Waals surface area contributed by atoms with Crippen molar-refractivity contribution in [3.05, 3.63) is 29.3 Å². The lowest BCUT2D eigenvalue weighted by molar-refractivity contribution is -0.131. The molecule has 2 amide bonds. The zero-order valence-corrected chi connectivity index (χ0v) is 13.8. The molecule has 0 spiro atoms. The molecule has 2 heterocycles. The Balaban J connectivity index is 1.67. The second-order valence-corrected chi connectivity index (χ2v) is 6.58. The first-order chi connectivity index (χ1) is 11.2. The Morgan fingerprint density at radius 3 is 2.70 bits per heavy atom. The fraction of sp³-hybridized carbons (Fsp3) is 0.529. The number of piperidine rings is 2. The van der Waals surface area contributed by atoms with Crippen molar-refractivity contribution in [2.45, 2.75) is 31.7 Å². The first-order valence-electron chi connectivity index (χ1n) is 8.24. The van der Waals surface area contributed by atoms with Gasteiger partial charge in [0.2, 0.25) is 11.8 Å². The molecule has 2 aliphatic heterocycles. The molecule has 0 saturated carbocycles. The molecular weight excluding hydrogens is 314 g/mol. The molecule has 5 nitrogen and oxygen atoms in total. The Bertz CT molecular complexity index is 587. The molecule has 0 aliphatic carbocycles. The van der Waals surface area contributed by atoms with Crippen LogP contribution in [0.1, 0.15) is 25.7 Å². The maximum atomic E-state index is 12.7. The molecule has 23 heavy (non-hydrogen) atoms. The third-order valence-corrected chi connectivity index (χ3v) is 4.93. The second kappa shape index (κ2) is 7.32. The monoisotopic (exact) mass is 335 g/mol. The molecule has 3 rings (SSSR count). The molecule has 1 aromatic rings. The van der Waals surface area contributed by atoms with E-state index in [1.165, 1.54) is 0 Å². The summed E-state index contributed by atoms with van der Waals surface area (Å²) in [4.78, 5) is 26.8. The number of halogens is 1. The number of amides is 2. The van der Waals surface area contributed by atoms with Gasteiger partial charge in [-0.2, -0.15) is 0 Å². The predicted molar refractivity (Wildman–Crippen MR) is 90.6 cm³/mol. The van der Waals surface area contributed by atoms with Crippen molar-refractivity contribution in [3.8, 4) is 0 Å². The van der Waals surface area contributed by atoms with Crippen LogP contribution in [-0.4, -0.2) is 37.5 Å². The van der Waals surface area contributed by atoms with Gasteiger partial charge in [-0.1, -0.05) is 23.7 Å². The van der Waals surface area contributed by atoms with E-state index in [2.05, 4.69) is 10.6 Å². The molecule has 1 unspecified atom stereocenters. The Hall–Kier alpha value is -1.59. The number of para-hydroxylation sites is 1. The summed E-state index contributed by atoms with van der Waals surface area (Å²) in [6, 6.07) is 6.89. The van der Waals surface area contributed by atoms with Crippen LogP contribution in [0.15, 0.2) is 24.3 Å². The van der Waals surface area contributed by atoms with Crippen LogP contribution < -0.4 is 15.5 Å². The first kappa shape index (κ1) is 16.3. The van der Waals surface area contributed by atoms with E-state index in [0.29, 0.717) is 18.0 Å². The normalized spacial score (nSPS) is 22.9. The number of nitrogens with zero attached hydrogens (tertiary/aromatic N) is 1. The number of benzene rings is 1. The van der Waals surface area contributed by atoms with Crippen molar-refractivity contribution in [1.29, 1.82) is 0 Å². The van der Waals surface area contributed by atoms with E-state index in [0.717, 1.165) is 38.0 Å². The Kier molecular flexibility index (Phi) is 5.18. The molecule has 2 saturated heterocycles. The standard InChI is InChI=1S/C17H22ClN3O2/c18-13-4-1-2-6-15(13)21-11-3-5-14(17(21)23)20-16(22)12-7-9-19-10-8-12/h1-2,4,6,12,14,19H,3,5,7-11H2,(H,20,22). The van der Waals surface area contributed by atoms with Crippen LogP contribution in [0.2, 0.25) is 5.02 Å². The fourth-order valence-corrected chi connectivity index (χ4v) is 3.53. The summed E-state index contributed by atoms with van der Waals surface area (Å²) >= 11 is 6.21. The number of anilines is 1. The predicted octanol–water partition coefficient (Wildman–Crippen LogP) is 1.95. The van der Waals surface area contributed by atoms with Gasteiger partial charge in [-0.3, -0.25) is 9.59 Å². The van der Waals surface area contributed by atoms with Crippen molar-refractivity contribution in [1.82, 2.24) is 10.6 Å². The minimum Gasteiger partial charge on any atom is -0.344 e. The summed E-state index contributed by atoms with van der Waals surface area (Å²) in [7, 11) is 0. The van der Waals surface area contributed by atoms with E-state index in [1.54, 1.807) is 11.0 Å². The molecule has 0 radical (unpaired) electrons. The van der Waals surface area contributed by atoms with Gasteiger partial charge in [0.15, 0.2) is 0 Å².